The number of esters is 2. The van der Waals surface area contributed by atoms with Gasteiger partial charge in [-0.25, -0.2) is 0 Å². The molecule has 25 heavy (non-hydrogen) atoms. The quantitative estimate of drug-likeness (QED) is 0.577. The molecule has 0 aromatic rings. The van der Waals surface area contributed by atoms with Crippen molar-refractivity contribution in [3.63, 3.8) is 0 Å². The summed E-state index contributed by atoms with van der Waals surface area (Å²) in [5, 5.41) is 0. The van der Waals surface area contributed by atoms with Crippen LogP contribution < -0.4 is 0 Å². The third-order valence-corrected chi connectivity index (χ3v) is 5.68. The molecule has 1 aliphatic rings. The van der Waals surface area contributed by atoms with Crippen LogP contribution in [0.25, 0.3) is 0 Å². The highest BCUT2D eigenvalue weighted by molar-refractivity contribution is 5.76. The van der Waals surface area contributed by atoms with E-state index in [2.05, 4.69) is 13.8 Å². The molecular weight excluding hydrogens is 320 g/mol. The zero-order valence-corrected chi connectivity index (χ0v) is 16.9. The van der Waals surface area contributed by atoms with Gasteiger partial charge in [-0.05, 0) is 46.0 Å². The maximum atomic E-state index is 12.4. The van der Waals surface area contributed by atoms with E-state index in [1.807, 2.05) is 20.8 Å². The zero-order valence-electron chi connectivity index (χ0n) is 16.9. The average Bonchev–Trinajstić information content (AvgIpc) is 2.55. The molecule has 0 heterocycles. The van der Waals surface area contributed by atoms with Gasteiger partial charge < -0.3 is 14.2 Å². The lowest BCUT2D eigenvalue weighted by Crippen LogP contribution is -2.52. The van der Waals surface area contributed by atoms with Crippen molar-refractivity contribution in [2.45, 2.75) is 85.2 Å². The molecule has 0 aromatic heterocycles. The molecule has 146 valence electrons. The molecule has 0 bridgehead atoms. The van der Waals surface area contributed by atoms with Crippen LogP contribution in [0.15, 0.2) is 0 Å². The molecule has 0 unspecified atom stereocenters. The summed E-state index contributed by atoms with van der Waals surface area (Å²) in [5.74, 6) is -0.567. The molecule has 1 rings (SSSR count). The smallest absolute Gasteiger partial charge is 0.311 e. The lowest BCUT2D eigenvalue weighted by atomic mass is 9.67. The third kappa shape index (κ3) is 5.70. The minimum Gasteiger partial charge on any atom is -0.465 e. The van der Waals surface area contributed by atoms with Gasteiger partial charge in [-0.15, -0.1) is 0 Å². The van der Waals surface area contributed by atoms with Crippen LogP contribution in [0, 0.1) is 10.8 Å². The van der Waals surface area contributed by atoms with Gasteiger partial charge in [0.25, 0.3) is 0 Å². The van der Waals surface area contributed by atoms with Crippen molar-refractivity contribution in [3.8, 4) is 0 Å². The molecule has 0 atom stereocenters. The second kappa shape index (κ2) is 9.02. The van der Waals surface area contributed by atoms with Crippen molar-refractivity contribution in [2.75, 3.05) is 20.3 Å². The van der Waals surface area contributed by atoms with Gasteiger partial charge in [0.05, 0.1) is 18.4 Å². The van der Waals surface area contributed by atoms with Gasteiger partial charge in [-0.2, -0.15) is 0 Å². The summed E-state index contributed by atoms with van der Waals surface area (Å²) in [4.78, 5) is 24.4. The van der Waals surface area contributed by atoms with Gasteiger partial charge in [0.15, 0.2) is 0 Å². The summed E-state index contributed by atoms with van der Waals surface area (Å²) in [6, 6.07) is 0. The van der Waals surface area contributed by atoms with E-state index in [0.717, 1.165) is 25.7 Å². The van der Waals surface area contributed by atoms with Gasteiger partial charge in [-0.3, -0.25) is 9.59 Å². The first-order chi connectivity index (χ1) is 11.6. The van der Waals surface area contributed by atoms with Crippen LogP contribution >= 0.6 is 0 Å². The van der Waals surface area contributed by atoms with Gasteiger partial charge in [0.2, 0.25) is 0 Å². The first-order valence-electron chi connectivity index (χ1n) is 9.48. The van der Waals surface area contributed by atoms with Crippen molar-refractivity contribution < 1.29 is 23.8 Å². The number of hydrogen-bond donors (Lipinski definition) is 0. The van der Waals surface area contributed by atoms with Crippen molar-refractivity contribution in [1.29, 1.82) is 0 Å². The molecule has 0 amide bonds. The number of hydrogen-bond acceptors (Lipinski definition) is 5. The van der Waals surface area contributed by atoms with E-state index in [1.165, 1.54) is 6.42 Å². The van der Waals surface area contributed by atoms with E-state index in [9.17, 15) is 9.59 Å². The number of ether oxygens (including phenoxy) is 3. The minimum absolute atomic E-state index is 0.0713. The van der Waals surface area contributed by atoms with E-state index in [-0.39, 0.29) is 30.4 Å². The summed E-state index contributed by atoms with van der Waals surface area (Å²) in [5.41, 5.74) is -1.27. The van der Waals surface area contributed by atoms with Crippen LogP contribution in [0.1, 0.15) is 79.6 Å². The van der Waals surface area contributed by atoms with Crippen molar-refractivity contribution >= 4 is 11.9 Å². The number of methoxy groups -OCH3 is 1. The van der Waals surface area contributed by atoms with Crippen LogP contribution in [0.2, 0.25) is 0 Å². The van der Waals surface area contributed by atoms with Gasteiger partial charge in [0.1, 0.15) is 12.2 Å². The molecule has 0 aromatic carbocycles. The summed E-state index contributed by atoms with van der Waals surface area (Å²) in [7, 11) is 1.68. The van der Waals surface area contributed by atoms with E-state index < -0.39 is 11.0 Å². The zero-order chi connectivity index (χ0) is 19.1. The van der Waals surface area contributed by atoms with Crippen LogP contribution in [0.3, 0.4) is 0 Å². The van der Waals surface area contributed by atoms with Crippen LogP contribution in [-0.4, -0.2) is 37.9 Å². The number of carbonyl (C=O) groups excluding carboxylic acids is 2. The fourth-order valence-corrected chi connectivity index (χ4v) is 3.37. The van der Waals surface area contributed by atoms with Gasteiger partial charge in [0, 0.05) is 12.5 Å². The first kappa shape index (κ1) is 21.9. The standard InChI is InChI=1S/C20H36O5/c1-7-18(2,3)17(22)24-14-11-16(21)25-20(12-9-8-10-13-20)19(4,5)15-23-6/h7-15H2,1-6H3. The molecule has 5 nitrogen and oxygen atoms in total. The Morgan fingerprint density at radius 3 is 2.16 bits per heavy atom. The Morgan fingerprint density at radius 2 is 1.64 bits per heavy atom. The highest BCUT2D eigenvalue weighted by Crippen LogP contribution is 2.45. The summed E-state index contributed by atoms with van der Waals surface area (Å²) < 4.78 is 16.6. The average molecular weight is 357 g/mol. The molecule has 0 spiro atoms. The van der Waals surface area contributed by atoms with Crippen molar-refractivity contribution in [1.82, 2.24) is 0 Å². The summed E-state index contributed by atoms with van der Waals surface area (Å²) in [6.07, 6.45) is 5.79. The maximum absolute atomic E-state index is 12.4. The molecule has 0 radical (unpaired) electrons. The Morgan fingerprint density at radius 1 is 1.04 bits per heavy atom. The molecule has 0 saturated heterocycles. The maximum Gasteiger partial charge on any atom is 0.311 e. The van der Waals surface area contributed by atoms with E-state index >= 15 is 0 Å². The number of rotatable bonds is 9. The van der Waals surface area contributed by atoms with Crippen molar-refractivity contribution in [2.24, 2.45) is 10.8 Å². The van der Waals surface area contributed by atoms with E-state index in [4.69, 9.17) is 14.2 Å². The predicted molar refractivity (Wildman–Crippen MR) is 97.2 cm³/mol. The minimum atomic E-state index is -0.519. The van der Waals surface area contributed by atoms with E-state index in [0.29, 0.717) is 13.0 Å². The van der Waals surface area contributed by atoms with Crippen LogP contribution in [0.5, 0.6) is 0 Å². The van der Waals surface area contributed by atoms with E-state index in [1.54, 1.807) is 7.11 Å². The normalized spacial score (nSPS) is 17.8. The Balaban J connectivity index is 2.63. The fourth-order valence-electron chi connectivity index (χ4n) is 3.37. The van der Waals surface area contributed by atoms with Crippen LogP contribution in [0.4, 0.5) is 0 Å². The SMILES string of the molecule is CCC(C)(C)C(=O)OCCC(=O)OC1(C(C)(C)COC)CCCCC1. The van der Waals surface area contributed by atoms with Crippen molar-refractivity contribution in [3.05, 3.63) is 0 Å². The topological polar surface area (TPSA) is 61.8 Å². The summed E-state index contributed by atoms with van der Waals surface area (Å²) >= 11 is 0. The third-order valence-electron chi connectivity index (χ3n) is 5.68. The Labute approximate surface area is 152 Å². The number of carbonyl (C=O) groups is 2. The van der Waals surface area contributed by atoms with Crippen LogP contribution in [-0.2, 0) is 23.8 Å². The molecule has 1 aliphatic carbocycles. The second-order valence-corrected chi connectivity index (χ2v) is 8.47. The predicted octanol–water partition coefficient (Wildman–Crippen LogP) is 4.27. The molecule has 0 N–H and O–H groups in total. The fraction of sp³-hybridized carbons (Fsp3) is 0.900. The molecule has 1 saturated carbocycles. The molecule has 5 heteroatoms. The summed E-state index contributed by atoms with van der Waals surface area (Å²) in [6.45, 7) is 10.4. The Hall–Kier alpha value is -1.10. The Bertz CT molecular complexity index is 447. The lowest BCUT2D eigenvalue weighted by molar-refractivity contribution is -0.188. The van der Waals surface area contributed by atoms with Gasteiger partial charge in [-0.1, -0.05) is 27.2 Å². The molecule has 1 fully saturated rings. The first-order valence-corrected chi connectivity index (χ1v) is 9.48. The molecule has 0 aliphatic heterocycles. The lowest BCUT2D eigenvalue weighted by Gasteiger charge is -2.48. The highest BCUT2D eigenvalue weighted by atomic mass is 16.6. The largest absolute Gasteiger partial charge is 0.465 e. The second-order valence-electron chi connectivity index (χ2n) is 8.47. The molecular formula is C20H36O5. The monoisotopic (exact) mass is 356 g/mol. The van der Waals surface area contributed by atoms with Gasteiger partial charge >= 0.3 is 11.9 Å². The highest BCUT2D eigenvalue weighted by Gasteiger charge is 2.48. The Kier molecular flexibility index (Phi) is 7.91.